The lowest BCUT2D eigenvalue weighted by atomic mass is 10.2. The van der Waals surface area contributed by atoms with Crippen LogP contribution in [0.3, 0.4) is 0 Å². The van der Waals surface area contributed by atoms with Gasteiger partial charge in [-0.3, -0.25) is 14.9 Å². The fraction of sp³-hybridized carbons (Fsp3) is 0.300. The second-order valence-electron chi connectivity index (χ2n) is 3.37. The summed E-state index contributed by atoms with van der Waals surface area (Å²) < 4.78 is 17.7. The highest BCUT2D eigenvalue weighted by atomic mass is 19.1. The molecule has 0 saturated carbocycles. The molecule has 1 atom stereocenters. The number of nitrogens with one attached hydrogen (secondary N) is 1. The van der Waals surface area contributed by atoms with Crippen molar-refractivity contribution in [3.05, 3.63) is 34.1 Å². The molecule has 0 spiro atoms. The van der Waals surface area contributed by atoms with E-state index in [1.165, 1.54) is 7.11 Å². The number of ether oxygens (including phenoxy) is 1. The summed E-state index contributed by atoms with van der Waals surface area (Å²) >= 11 is 0. The van der Waals surface area contributed by atoms with Crippen molar-refractivity contribution in [3.8, 4) is 0 Å². The first-order valence-electron chi connectivity index (χ1n) is 4.97. The van der Waals surface area contributed by atoms with Crippen LogP contribution in [0.25, 0.3) is 0 Å². The number of carbonyl (C=O) groups excluding carboxylic acids is 1. The molecule has 0 aromatic heterocycles. The molecule has 8 heteroatoms. The lowest BCUT2D eigenvalue weighted by Gasteiger charge is -2.13. The fourth-order valence-corrected chi connectivity index (χ4v) is 1.29. The summed E-state index contributed by atoms with van der Waals surface area (Å²) in [5.41, 5.74) is 4.64. The Morgan fingerprint density at radius 2 is 2.33 bits per heavy atom. The van der Waals surface area contributed by atoms with Crippen LogP contribution in [0, 0.1) is 15.9 Å². The van der Waals surface area contributed by atoms with E-state index in [-0.39, 0.29) is 12.2 Å². The first-order valence-corrected chi connectivity index (χ1v) is 4.97. The van der Waals surface area contributed by atoms with Crippen molar-refractivity contribution in [1.82, 2.24) is 0 Å². The van der Waals surface area contributed by atoms with Gasteiger partial charge in [-0.25, -0.2) is 4.39 Å². The molecule has 0 aliphatic heterocycles. The number of nitro benzene ring substituents is 1. The largest absolute Gasteiger partial charge is 0.370 e. The number of nitro groups is 1. The van der Waals surface area contributed by atoms with E-state index in [0.717, 1.165) is 18.2 Å². The number of rotatable bonds is 5. The summed E-state index contributed by atoms with van der Waals surface area (Å²) in [5, 5.41) is 13.0. The molecule has 18 heavy (non-hydrogen) atoms. The van der Waals surface area contributed by atoms with Crippen molar-refractivity contribution in [1.29, 1.82) is 0 Å². The van der Waals surface area contributed by atoms with Gasteiger partial charge < -0.3 is 15.8 Å². The van der Waals surface area contributed by atoms with Gasteiger partial charge >= 0.3 is 0 Å². The number of halogens is 1. The average Bonchev–Trinajstić information content (AvgIpc) is 2.32. The van der Waals surface area contributed by atoms with Gasteiger partial charge in [0, 0.05) is 13.7 Å². The van der Waals surface area contributed by atoms with E-state index < -0.39 is 28.4 Å². The van der Waals surface area contributed by atoms with Crippen molar-refractivity contribution in [3.63, 3.8) is 0 Å². The smallest absolute Gasteiger partial charge is 0.295 e. The van der Waals surface area contributed by atoms with Crippen LogP contribution >= 0.6 is 0 Å². The predicted molar refractivity (Wildman–Crippen MR) is 61.5 cm³/mol. The molecule has 0 saturated heterocycles. The SMILES string of the molecule is COC(CN)C(=O)Nc1ccc(F)cc1[N+](=O)[O-]. The molecule has 1 unspecified atom stereocenters. The number of nitrogens with zero attached hydrogens (tertiary/aromatic N) is 1. The molecule has 0 aliphatic rings. The highest BCUT2D eigenvalue weighted by molar-refractivity contribution is 5.96. The van der Waals surface area contributed by atoms with Crippen LogP contribution in [-0.4, -0.2) is 30.6 Å². The minimum Gasteiger partial charge on any atom is -0.370 e. The Morgan fingerprint density at radius 3 is 2.83 bits per heavy atom. The maximum atomic E-state index is 12.9. The monoisotopic (exact) mass is 257 g/mol. The number of anilines is 1. The van der Waals surface area contributed by atoms with Crippen molar-refractivity contribution >= 4 is 17.3 Å². The van der Waals surface area contributed by atoms with Gasteiger partial charge in [-0.05, 0) is 12.1 Å². The van der Waals surface area contributed by atoms with Crippen LogP contribution in [0.5, 0.6) is 0 Å². The number of carbonyl (C=O) groups is 1. The highest BCUT2D eigenvalue weighted by Crippen LogP contribution is 2.25. The van der Waals surface area contributed by atoms with Gasteiger partial charge in [-0.2, -0.15) is 0 Å². The molecule has 0 fully saturated rings. The van der Waals surface area contributed by atoms with E-state index in [1.54, 1.807) is 0 Å². The third kappa shape index (κ3) is 3.22. The number of methoxy groups -OCH3 is 1. The Kier molecular flexibility index (Phi) is 4.69. The lowest BCUT2D eigenvalue weighted by molar-refractivity contribution is -0.384. The van der Waals surface area contributed by atoms with Crippen molar-refractivity contribution < 1.29 is 18.8 Å². The highest BCUT2D eigenvalue weighted by Gasteiger charge is 2.21. The minimum atomic E-state index is -0.922. The number of nitrogens with two attached hydrogens (primary N) is 1. The zero-order valence-electron chi connectivity index (χ0n) is 9.55. The molecular formula is C10H12FN3O4. The number of hydrogen-bond donors (Lipinski definition) is 2. The van der Waals surface area contributed by atoms with Crippen LogP contribution in [0.2, 0.25) is 0 Å². The van der Waals surface area contributed by atoms with Crippen LogP contribution in [0.15, 0.2) is 18.2 Å². The molecule has 1 amide bonds. The molecule has 3 N–H and O–H groups in total. The van der Waals surface area contributed by atoms with Gasteiger partial charge in [0.2, 0.25) is 0 Å². The van der Waals surface area contributed by atoms with Gasteiger partial charge in [0.1, 0.15) is 17.6 Å². The number of hydrogen-bond acceptors (Lipinski definition) is 5. The lowest BCUT2D eigenvalue weighted by Crippen LogP contribution is -2.36. The third-order valence-electron chi connectivity index (χ3n) is 2.21. The Hall–Kier alpha value is -2.06. The summed E-state index contributed by atoms with van der Waals surface area (Å²) in [5.74, 6) is -1.39. The Labute approximate surface area is 102 Å². The second kappa shape index (κ2) is 6.03. The van der Waals surface area contributed by atoms with Crippen LogP contribution < -0.4 is 11.1 Å². The zero-order valence-corrected chi connectivity index (χ0v) is 9.55. The first kappa shape index (κ1) is 14.0. The molecule has 7 nitrogen and oxygen atoms in total. The van der Waals surface area contributed by atoms with Gasteiger partial charge in [-0.15, -0.1) is 0 Å². The van der Waals surface area contributed by atoms with Crippen LogP contribution in [0.4, 0.5) is 15.8 Å². The quantitative estimate of drug-likeness (QED) is 0.594. The van der Waals surface area contributed by atoms with E-state index in [9.17, 15) is 19.3 Å². The molecule has 0 aliphatic carbocycles. The normalized spacial score (nSPS) is 11.9. The molecule has 0 radical (unpaired) electrons. The Morgan fingerprint density at radius 1 is 1.67 bits per heavy atom. The minimum absolute atomic E-state index is 0.0721. The third-order valence-corrected chi connectivity index (χ3v) is 2.21. The van der Waals surface area contributed by atoms with Crippen LogP contribution in [-0.2, 0) is 9.53 Å². The predicted octanol–water partition coefficient (Wildman–Crippen LogP) is 0.646. The average molecular weight is 257 g/mol. The maximum Gasteiger partial charge on any atom is 0.295 e. The van der Waals surface area contributed by atoms with Gasteiger partial charge in [0.25, 0.3) is 11.6 Å². The van der Waals surface area contributed by atoms with E-state index in [0.29, 0.717) is 0 Å². The molecule has 1 aromatic rings. The summed E-state index contributed by atoms with van der Waals surface area (Å²) in [6.07, 6.45) is -0.922. The summed E-state index contributed by atoms with van der Waals surface area (Å²) in [4.78, 5) is 21.5. The first-order chi connectivity index (χ1) is 8.49. The Balaban J connectivity index is 2.97. The van der Waals surface area contributed by atoms with Crippen LogP contribution in [0.1, 0.15) is 0 Å². The summed E-state index contributed by atoms with van der Waals surface area (Å²) in [6, 6.07) is 2.83. The van der Waals surface area contributed by atoms with E-state index in [1.807, 2.05) is 0 Å². The molecule has 0 bridgehead atoms. The molecular weight excluding hydrogens is 245 g/mol. The fourth-order valence-electron chi connectivity index (χ4n) is 1.29. The Bertz CT molecular complexity index is 462. The van der Waals surface area contributed by atoms with Gasteiger partial charge in [-0.1, -0.05) is 0 Å². The van der Waals surface area contributed by atoms with Crippen molar-refractivity contribution in [2.75, 3.05) is 19.0 Å². The molecule has 1 aromatic carbocycles. The second-order valence-corrected chi connectivity index (χ2v) is 3.37. The summed E-state index contributed by atoms with van der Waals surface area (Å²) in [6.45, 7) is -0.0721. The van der Waals surface area contributed by atoms with Gasteiger partial charge in [0.05, 0.1) is 11.0 Å². The van der Waals surface area contributed by atoms with Crippen molar-refractivity contribution in [2.24, 2.45) is 5.73 Å². The number of amides is 1. The molecule has 1 rings (SSSR count). The molecule has 98 valence electrons. The molecule has 0 heterocycles. The summed E-state index contributed by atoms with van der Waals surface area (Å²) in [7, 11) is 1.29. The van der Waals surface area contributed by atoms with E-state index in [4.69, 9.17) is 10.5 Å². The maximum absolute atomic E-state index is 12.9. The zero-order chi connectivity index (χ0) is 13.7. The topological polar surface area (TPSA) is 107 Å². The van der Waals surface area contributed by atoms with E-state index >= 15 is 0 Å². The van der Waals surface area contributed by atoms with Gasteiger partial charge in [0.15, 0.2) is 0 Å². The standard InChI is InChI=1S/C10H12FN3O4/c1-18-9(5-12)10(15)13-7-3-2-6(11)4-8(7)14(16)17/h2-4,9H,5,12H2,1H3,(H,13,15). The van der Waals surface area contributed by atoms with Crippen molar-refractivity contribution in [2.45, 2.75) is 6.10 Å². The van der Waals surface area contributed by atoms with E-state index in [2.05, 4.69) is 5.32 Å². The number of benzene rings is 1.